The molecular formula is C12H19N3. The molecule has 1 aliphatic carbocycles. The summed E-state index contributed by atoms with van der Waals surface area (Å²) in [5.41, 5.74) is 9.66. The van der Waals surface area contributed by atoms with Crippen molar-refractivity contribution in [3.05, 3.63) is 23.3 Å². The Labute approximate surface area is 91.1 Å². The summed E-state index contributed by atoms with van der Waals surface area (Å²) in [6.45, 7) is 2.03. The van der Waals surface area contributed by atoms with Gasteiger partial charge in [-0.25, -0.2) is 9.97 Å². The normalized spacial score (nSPS) is 18.0. The molecule has 0 fully saturated rings. The maximum Gasteiger partial charge on any atom is 0.115 e. The van der Waals surface area contributed by atoms with E-state index in [2.05, 4.69) is 9.97 Å². The number of aromatic nitrogens is 2. The van der Waals surface area contributed by atoms with Gasteiger partial charge in [-0.2, -0.15) is 0 Å². The summed E-state index contributed by atoms with van der Waals surface area (Å²) in [5.74, 6) is 0. The standard InChI is InChI=1S/C12H19N3/c1-9(13)7-12-10-5-3-2-4-6-11(10)14-8-15-12/h8-9H,2-7,13H2,1H3. The zero-order chi connectivity index (χ0) is 10.7. The number of nitrogens with zero attached hydrogens (tertiary/aromatic N) is 2. The van der Waals surface area contributed by atoms with Crippen LogP contribution in [0.4, 0.5) is 0 Å². The summed E-state index contributed by atoms with van der Waals surface area (Å²) in [6, 6.07) is 0.187. The lowest BCUT2D eigenvalue weighted by atomic mass is 10.0. The van der Waals surface area contributed by atoms with E-state index in [9.17, 15) is 0 Å². The summed E-state index contributed by atoms with van der Waals surface area (Å²) in [4.78, 5) is 8.78. The molecular weight excluding hydrogens is 186 g/mol. The summed E-state index contributed by atoms with van der Waals surface area (Å²) < 4.78 is 0. The van der Waals surface area contributed by atoms with Gasteiger partial charge in [-0.05, 0) is 38.2 Å². The number of hydrogen-bond acceptors (Lipinski definition) is 3. The molecule has 0 saturated heterocycles. The number of aryl methyl sites for hydroxylation is 1. The molecule has 1 heterocycles. The van der Waals surface area contributed by atoms with Gasteiger partial charge in [0, 0.05) is 23.9 Å². The van der Waals surface area contributed by atoms with Gasteiger partial charge in [0.25, 0.3) is 0 Å². The highest BCUT2D eigenvalue weighted by Crippen LogP contribution is 2.21. The van der Waals surface area contributed by atoms with Crippen LogP contribution in [0, 0.1) is 0 Å². The zero-order valence-electron chi connectivity index (χ0n) is 9.37. The van der Waals surface area contributed by atoms with Crippen molar-refractivity contribution in [1.29, 1.82) is 0 Å². The van der Waals surface area contributed by atoms with E-state index in [1.807, 2.05) is 6.92 Å². The molecule has 0 aliphatic heterocycles. The molecule has 0 amide bonds. The second kappa shape index (κ2) is 4.71. The molecule has 82 valence electrons. The van der Waals surface area contributed by atoms with Gasteiger partial charge in [0.2, 0.25) is 0 Å². The van der Waals surface area contributed by atoms with Crippen molar-refractivity contribution >= 4 is 0 Å². The number of nitrogens with two attached hydrogens (primary N) is 1. The fraction of sp³-hybridized carbons (Fsp3) is 0.667. The van der Waals surface area contributed by atoms with Crippen LogP contribution in [0.1, 0.15) is 43.1 Å². The van der Waals surface area contributed by atoms with E-state index >= 15 is 0 Å². The predicted molar refractivity (Wildman–Crippen MR) is 60.6 cm³/mol. The van der Waals surface area contributed by atoms with E-state index in [0.29, 0.717) is 0 Å². The van der Waals surface area contributed by atoms with Crippen LogP contribution in [0.3, 0.4) is 0 Å². The van der Waals surface area contributed by atoms with E-state index < -0.39 is 0 Å². The second-order valence-corrected chi connectivity index (χ2v) is 4.49. The number of rotatable bonds is 2. The molecule has 1 aromatic heterocycles. The Morgan fingerprint density at radius 1 is 1.27 bits per heavy atom. The van der Waals surface area contributed by atoms with Gasteiger partial charge in [-0.3, -0.25) is 0 Å². The Hall–Kier alpha value is -0.960. The monoisotopic (exact) mass is 205 g/mol. The van der Waals surface area contributed by atoms with Gasteiger partial charge in [0.05, 0.1) is 0 Å². The fourth-order valence-electron chi connectivity index (χ4n) is 2.25. The highest BCUT2D eigenvalue weighted by Gasteiger charge is 2.14. The molecule has 0 radical (unpaired) electrons. The highest BCUT2D eigenvalue weighted by molar-refractivity contribution is 5.26. The van der Waals surface area contributed by atoms with Crippen molar-refractivity contribution in [1.82, 2.24) is 9.97 Å². The Balaban J connectivity index is 2.30. The minimum absolute atomic E-state index is 0.187. The molecule has 1 unspecified atom stereocenters. The highest BCUT2D eigenvalue weighted by atomic mass is 14.8. The van der Waals surface area contributed by atoms with Crippen LogP contribution in [0.2, 0.25) is 0 Å². The quantitative estimate of drug-likeness (QED) is 0.747. The lowest BCUT2D eigenvalue weighted by molar-refractivity contribution is 0.695. The van der Waals surface area contributed by atoms with Crippen molar-refractivity contribution in [2.75, 3.05) is 0 Å². The molecule has 3 nitrogen and oxygen atoms in total. The Morgan fingerprint density at radius 3 is 2.87 bits per heavy atom. The first-order chi connectivity index (χ1) is 7.27. The van der Waals surface area contributed by atoms with Crippen molar-refractivity contribution < 1.29 is 0 Å². The van der Waals surface area contributed by atoms with Crippen LogP contribution in [-0.2, 0) is 19.3 Å². The van der Waals surface area contributed by atoms with Gasteiger partial charge in [-0.15, -0.1) is 0 Å². The third-order valence-corrected chi connectivity index (χ3v) is 2.98. The number of hydrogen-bond donors (Lipinski definition) is 1. The van der Waals surface area contributed by atoms with Gasteiger partial charge in [0.15, 0.2) is 0 Å². The van der Waals surface area contributed by atoms with E-state index in [0.717, 1.165) is 19.3 Å². The molecule has 3 heteroatoms. The lowest BCUT2D eigenvalue weighted by Crippen LogP contribution is -2.20. The van der Waals surface area contributed by atoms with Crippen molar-refractivity contribution in [3.8, 4) is 0 Å². The summed E-state index contributed by atoms with van der Waals surface area (Å²) in [5, 5.41) is 0. The Bertz CT molecular complexity index is 334. The van der Waals surface area contributed by atoms with Crippen LogP contribution in [0.5, 0.6) is 0 Å². The first kappa shape index (κ1) is 10.6. The van der Waals surface area contributed by atoms with Crippen LogP contribution in [-0.4, -0.2) is 16.0 Å². The predicted octanol–water partition coefficient (Wildman–Crippen LogP) is 1.64. The van der Waals surface area contributed by atoms with Gasteiger partial charge < -0.3 is 5.73 Å². The first-order valence-electron chi connectivity index (χ1n) is 5.84. The van der Waals surface area contributed by atoms with Gasteiger partial charge >= 0.3 is 0 Å². The summed E-state index contributed by atoms with van der Waals surface area (Å²) in [7, 11) is 0. The number of fused-ring (bicyclic) bond motifs is 1. The van der Waals surface area contributed by atoms with Crippen LogP contribution < -0.4 is 5.73 Å². The largest absolute Gasteiger partial charge is 0.328 e. The van der Waals surface area contributed by atoms with Crippen molar-refractivity contribution in [3.63, 3.8) is 0 Å². The van der Waals surface area contributed by atoms with Gasteiger partial charge in [0.1, 0.15) is 6.33 Å². The average Bonchev–Trinajstić information content (AvgIpc) is 2.42. The second-order valence-electron chi connectivity index (χ2n) is 4.49. The van der Waals surface area contributed by atoms with Crippen LogP contribution >= 0.6 is 0 Å². The van der Waals surface area contributed by atoms with Gasteiger partial charge in [-0.1, -0.05) is 6.42 Å². The molecule has 15 heavy (non-hydrogen) atoms. The first-order valence-corrected chi connectivity index (χ1v) is 5.84. The topological polar surface area (TPSA) is 51.8 Å². The van der Waals surface area contributed by atoms with Crippen molar-refractivity contribution in [2.45, 2.75) is 51.5 Å². The minimum Gasteiger partial charge on any atom is -0.328 e. The SMILES string of the molecule is CC(N)Cc1ncnc2c1CCCCC2. The van der Waals surface area contributed by atoms with E-state index in [1.54, 1.807) is 6.33 Å². The summed E-state index contributed by atoms with van der Waals surface area (Å²) >= 11 is 0. The van der Waals surface area contributed by atoms with Crippen molar-refractivity contribution in [2.24, 2.45) is 5.73 Å². The molecule has 1 atom stereocenters. The smallest absolute Gasteiger partial charge is 0.115 e. The molecule has 2 rings (SSSR count). The average molecular weight is 205 g/mol. The van der Waals surface area contributed by atoms with Crippen LogP contribution in [0.15, 0.2) is 6.33 Å². The van der Waals surface area contributed by atoms with E-state index in [4.69, 9.17) is 5.73 Å². The molecule has 2 N–H and O–H groups in total. The molecule has 0 saturated carbocycles. The maximum atomic E-state index is 5.84. The third-order valence-electron chi connectivity index (χ3n) is 2.98. The lowest BCUT2D eigenvalue weighted by Gasteiger charge is -2.11. The third kappa shape index (κ3) is 2.53. The zero-order valence-corrected chi connectivity index (χ0v) is 9.37. The Morgan fingerprint density at radius 2 is 2.07 bits per heavy atom. The maximum absolute atomic E-state index is 5.84. The van der Waals surface area contributed by atoms with E-state index in [-0.39, 0.29) is 6.04 Å². The molecule has 0 bridgehead atoms. The van der Waals surface area contributed by atoms with Crippen LogP contribution in [0.25, 0.3) is 0 Å². The summed E-state index contributed by atoms with van der Waals surface area (Å²) in [6.07, 6.45) is 8.68. The minimum atomic E-state index is 0.187. The molecule has 0 spiro atoms. The van der Waals surface area contributed by atoms with E-state index in [1.165, 1.54) is 36.2 Å². The fourth-order valence-corrected chi connectivity index (χ4v) is 2.25. The molecule has 1 aromatic rings. The Kier molecular flexibility index (Phi) is 3.31. The molecule has 0 aromatic carbocycles. The molecule has 1 aliphatic rings.